The predicted octanol–water partition coefficient (Wildman–Crippen LogP) is 4.96. The fraction of sp³-hybridized carbons (Fsp3) is 0.941. The molecule has 1 fully saturated rings. The highest BCUT2D eigenvalue weighted by Crippen LogP contribution is 2.39. The van der Waals surface area contributed by atoms with Crippen molar-refractivity contribution in [2.45, 2.75) is 85.7 Å². The number of carbonyl (C=O) groups excluding carboxylic acids is 1. The summed E-state index contributed by atoms with van der Waals surface area (Å²) in [4.78, 5) is 12.7. The zero-order chi connectivity index (χ0) is 14.7. The van der Waals surface area contributed by atoms with Gasteiger partial charge >= 0.3 is 5.97 Å². The Morgan fingerprint density at radius 3 is 1.89 bits per heavy atom. The monoisotopic (exact) mass is 268 g/mol. The van der Waals surface area contributed by atoms with E-state index in [0.717, 1.165) is 25.7 Å². The molecule has 0 atom stereocenters. The fourth-order valence-corrected chi connectivity index (χ4v) is 3.62. The van der Waals surface area contributed by atoms with Crippen molar-refractivity contribution in [3.05, 3.63) is 0 Å². The van der Waals surface area contributed by atoms with Crippen LogP contribution >= 0.6 is 0 Å². The molecule has 0 spiro atoms. The summed E-state index contributed by atoms with van der Waals surface area (Å²) in [5.41, 5.74) is -0.528. The van der Waals surface area contributed by atoms with Crippen LogP contribution in [0.3, 0.4) is 0 Å². The highest BCUT2D eigenvalue weighted by molar-refractivity contribution is 5.76. The lowest BCUT2D eigenvalue weighted by Crippen LogP contribution is -2.39. The van der Waals surface area contributed by atoms with Crippen LogP contribution in [0.1, 0.15) is 80.1 Å². The number of hydrogen-bond donors (Lipinski definition) is 0. The molecule has 2 heteroatoms. The second-order valence-corrected chi connectivity index (χ2v) is 7.80. The molecule has 0 aromatic heterocycles. The molecule has 1 saturated carbocycles. The average molecular weight is 268 g/mol. The maximum absolute atomic E-state index is 12.7. The van der Waals surface area contributed by atoms with Crippen LogP contribution in [0.2, 0.25) is 0 Å². The molecule has 0 radical (unpaired) electrons. The lowest BCUT2D eigenvalue weighted by Gasteiger charge is -2.35. The van der Waals surface area contributed by atoms with Gasteiger partial charge in [-0.05, 0) is 64.2 Å². The Kier molecular flexibility index (Phi) is 5.46. The maximum atomic E-state index is 12.7. The lowest BCUT2D eigenvalue weighted by atomic mass is 9.76. The Bertz CT molecular complexity index is 288. The van der Waals surface area contributed by atoms with E-state index in [1.165, 1.54) is 12.8 Å². The minimum atomic E-state index is -0.325. The van der Waals surface area contributed by atoms with Crippen LogP contribution in [0.25, 0.3) is 0 Å². The molecule has 0 bridgehead atoms. The van der Waals surface area contributed by atoms with Gasteiger partial charge in [0.25, 0.3) is 0 Å². The summed E-state index contributed by atoms with van der Waals surface area (Å²) < 4.78 is 5.93. The lowest BCUT2D eigenvalue weighted by molar-refractivity contribution is -0.171. The molecule has 0 N–H and O–H groups in total. The molecule has 0 aromatic carbocycles. The van der Waals surface area contributed by atoms with Gasteiger partial charge < -0.3 is 4.74 Å². The van der Waals surface area contributed by atoms with E-state index >= 15 is 0 Å². The van der Waals surface area contributed by atoms with Crippen molar-refractivity contribution >= 4 is 5.97 Å². The van der Waals surface area contributed by atoms with Crippen molar-refractivity contribution in [1.29, 1.82) is 0 Å². The highest BCUT2D eigenvalue weighted by atomic mass is 16.6. The number of carbonyl (C=O) groups is 1. The van der Waals surface area contributed by atoms with Crippen molar-refractivity contribution in [2.75, 3.05) is 0 Å². The van der Waals surface area contributed by atoms with Crippen molar-refractivity contribution < 1.29 is 9.53 Å². The van der Waals surface area contributed by atoms with Gasteiger partial charge in [0, 0.05) is 0 Å². The van der Waals surface area contributed by atoms with Gasteiger partial charge in [-0.3, -0.25) is 4.79 Å². The van der Waals surface area contributed by atoms with E-state index in [0.29, 0.717) is 11.8 Å². The highest BCUT2D eigenvalue weighted by Gasteiger charge is 2.41. The third-order valence-electron chi connectivity index (χ3n) is 4.21. The van der Waals surface area contributed by atoms with Crippen LogP contribution < -0.4 is 0 Å². The first-order valence-corrected chi connectivity index (χ1v) is 7.90. The van der Waals surface area contributed by atoms with E-state index in [4.69, 9.17) is 4.74 Å². The molecule has 0 unspecified atom stereocenters. The van der Waals surface area contributed by atoms with Gasteiger partial charge in [0.1, 0.15) is 5.60 Å². The summed E-state index contributed by atoms with van der Waals surface area (Å²) in [5, 5.41) is 0. The molecule has 2 nitrogen and oxygen atoms in total. The van der Waals surface area contributed by atoms with Gasteiger partial charge in [0.05, 0.1) is 5.41 Å². The number of hydrogen-bond acceptors (Lipinski definition) is 2. The van der Waals surface area contributed by atoms with Crippen molar-refractivity contribution in [2.24, 2.45) is 17.3 Å². The van der Waals surface area contributed by atoms with Crippen molar-refractivity contribution in [3.8, 4) is 0 Å². The Hall–Kier alpha value is -0.530. The standard InChI is InChI=1S/C17H32O2/c1-13(2)11-16(5,12-14(3)4)15(18)19-17(6)9-7-8-10-17/h13-14H,7-12H2,1-6H3. The second kappa shape index (κ2) is 6.28. The molecule has 0 saturated heterocycles. The molecule has 1 aliphatic rings. The third-order valence-corrected chi connectivity index (χ3v) is 4.21. The van der Waals surface area contributed by atoms with Crippen LogP contribution in [0, 0.1) is 17.3 Å². The predicted molar refractivity (Wildman–Crippen MR) is 80.0 cm³/mol. The van der Waals surface area contributed by atoms with Gasteiger partial charge in [-0.2, -0.15) is 0 Å². The summed E-state index contributed by atoms with van der Waals surface area (Å²) >= 11 is 0. The molecule has 0 amide bonds. The van der Waals surface area contributed by atoms with Gasteiger partial charge in [0.2, 0.25) is 0 Å². The van der Waals surface area contributed by atoms with Crippen LogP contribution in [0.5, 0.6) is 0 Å². The van der Waals surface area contributed by atoms with E-state index in [9.17, 15) is 4.79 Å². The maximum Gasteiger partial charge on any atom is 0.312 e. The van der Waals surface area contributed by atoms with E-state index in [1.807, 2.05) is 0 Å². The first-order valence-electron chi connectivity index (χ1n) is 7.90. The number of rotatable bonds is 6. The Morgan fingerprint density at radius 2 is 1.53 bits per heavy atom. The molecular formula is C17H32O2. The zero-order valence-electron chi connectivity index (χ0n) is 13.7. The SMILES string of the molecule is CC(C)CC(C)(CC(C)C)C(=O)OC1(C)CCCC1. The topological polar surface area (TPSA) is 26.3 Å². The van der Waals surface area contributed by atoms with Gasteiger partial charge in [0.15, 0.2) is 0 Å². The minimum Gasteiger partial charge on any atom is -0.459 e. The second-order valence-electron chi connectivity index (χ2n) is 7.80. The van der Waals surface area contributed by atoms with Crippen LogP contribution in [-0.4, -0.2) is 11.6 Å². The van der Waals surface area contributed by atoms with E-state index < -0.39 is 0 Å². The van der Waals surface area contributed by atoms with E-state index in [1.54, 1.807) is 0 Å². The number of esters is 1. The molecular weight excluding hydrogens is 236 g/mol. The van der Waals surface area contributed by atoms with E-state index in [-0.39, 0.29) is 17.0 Å². The first-order chi connectivity index (χ1) is 8.67. The number of ether oxygens (including phenoxy) is 1. The molecule has 0 aliphatic heterocycles. The largest absolute Gasteiger partial charge is 0.459 e. The van der Waals surface area contributed by atoms with E-state index in [2.05, 4.69) is 41.5 Å². The molecule has 19 heavy (non-hydrogen) atoms. The smallest absolute Gasteiger partial charge is 0.312 e. The third kappa shape index (κ3) is 4.81. The fourth-order valence-electron chi connectivity index (χ4n) is 3.62. The normalized spacial score (nSPS) is 19.2. The molecule has 0 heterocycles. The average Bonchev–Trinajstić information content (AvgIpc) is 2.62. The Morgan fingerprint density at radius 1 is 1.11 bits per heavy atom. The quantitative estimate of drug-likeness (QED) is 0.636. The molecule has 1 aliphatic carbocycles. The summed E-state index contributed by atoms with van der Waals surface area (Å²) in [6, 6.07) is 0. The van der Waals surface area contributed by atoms with Crippen LogP contribution in [-0.2, 0) is 9.53 Å². The Balaban J connectivity index is 2.75. The minimum absolute atomic E-state index is 0.0271. The molecule has 0 aromatic rings. The summed E-state index contributed by atoms with van der Waals surface area (Å²) in [6.07, 6.45) is 6.26. The van der Waals surface area contributed by atoms with Gasteiger partial charge in [-0.25, -0.2) is 0 Å². The van der Waals surface area contributed by atoms with Crippen molar-refractivity contribution in [1.82, 2.24) is 0 Å². The summed E-state index contributed by atoms with van der Waals surface area (Å²) in [6.45, 7) is 12.9. The summed E-state index contributed by atoms with van der Waals surface area (Å²) in [7, 11) is 0. The molecule has 1 rings (SSSR count). The zero-order valence-corrected chi connectivity index (χ0v) is 13.7. The summed E-state index contributed by atoms with van der Waals surface area (Å²) in [5.74, 6) is 1.07. The van der Waals surface area contributed by atoms with Gasteiger partial charge in [-0.1, -0.05) is 27.7 Å². The molecule has 112 valence electrons. The van der Waals surface area contributed by atoms with Gasteiger partial charge in [-0.15, -0.1) is 0 Å². The first kappa shape index (κ1) is 16.5. The Labute approximate surface area is 119 Å². The van der Waals surface area contributed by atoms with Crippen LogP contribution in [0.4, 0.5) is 0 Å². The van der Waals surface area contributed by atoms with Crippen LogP contribution in [0.15, 0.2) is 0 Å². The van der Waals surface area contributed by atoms with Crippen molar-refractivity contribution in [3.63, 3.8) is 0 Å².